The Kier molecular flexibility index (Phi) is 8.41. The number of methoxy groups -OCH3 is 1. The molecular weight excluding hydrogens is 456 g/mol. The fourth-order valence-corrected chi connectivity index (χ4v) is 4.27. The number of para-hydroxylation sites is 1. The summed E-state index contributed by atoms with van der Waals surface area (Å²) in [5, 5.41) is 8.54. The van der Waals surface area contributed by atoms with Crippen LogP contribution in [0.4, 0.5) is 16.2 Å². The minimum Gasteiger partial charge on any atom is -0.496 e. The van der Waals surface area contributed by atoms with E-state index in [1.165, 1.54) is 20.0 Å². The lowest BCUT2D eigenvalue weighted by molar-refractivity contribution is 0.0947. The van der Waals surface area contributed by atoms with Gasteiger partial charge < -0.3 is 30.3 Å². The number of carbonyl (C=O) groups is 2. The quantitative estimate of drug-likeness (QED) is 0.378. The van der Waals surface area contributed by atoms with Crippen molar-refractivity contribution in [1.29, 1.82) is 0 Å². The van der Waals surface area contributed by atoms with Crippen LogP contribution in [0, 0.1) is 0 Å². The summed E-state index contributed by atoms with van der Waals surface area (Å²) in [6, 6.07) is 21.6. The molecule has 0 spiro atoms. The van der Waals surface area contributed by atoms with Gasteiger partial charge >= 0.3 is 6.03 Å². The molecule has 0 aromatic heterocycles. The maximum absolute atomic E-state index is 12.7. The van der Waals surface area contributed by atoms with E-state index in [0.717, 1.165) is 18.7 Å². The van der Waals surface area contributed by atoms with Crippen molar-refractivity contribution >= 4 is 23.3 Å². The van der Waals surface area contributed by atoms with E-state index in [9.17, 15) is 9.59 Å². The molecule has 1 heterocycles. The summed E-state index contributed by atoms with van der Waals surface area (Å²) in [6.07, 6.45) is 3.30. The monoisotopic (exact) mass is 488 g/mol. The Morgan fingerprint density at radius 2 is 1.64 bits per heavy atom. The number of nitrogens with one attached hydrogen (secondary N) is 3. The topological polar surface area (TPSA) is 91.9 Å². The van der Waals surface area contributed by atoms with E-state index < -0.39 is 6.03 Å². The van der Waals surface area contributed by atoms with Crippen LogP contribution in [0.25, 0.3) is 0 Å². The minimum atomic E-state index is -0.410. The molecule has 1 aliphatic heterocycles. The number of likely N-dealkylation sites (tertiary alicyclic amines) is 1. The Morgan fingerprint density at radius 1 is 0.944 bits per heavy atom. The largest absolute Gasteiger partial charge is 0.496 e. The first-order valence-corrected chi connectivity index (χ1v) is 12.1. The molecule has 0 radical (unpaired) electrons. The van der Waals surface area contributed by atoms with Crippen molar-refractivity contribution in [1.82, 2.24) is 10.2 Å². The fourth-order valence-electron chi connectivity index (χ4n) is 4.27. The van der Waals surface area contributed by atoms with Gasteiger partial charge in [0.1, 0.15) is 17.2 Å². The summed E-state index contributed by atoms with van der Waals surface area (Å²) in [5.74, 6) is 1.61. The molecule has 188 valence electrons. The second-order valence-corrected chi connectivity index (χ2v) is 8.75. The number of hydrogen-bond donors (Lipinski definition) is 3. The van der Waals surface area contributed by atoms with Crippen molar-refractivity contribution < 1.29 is 19.1 Å². The maximum Gasteiger partial charge on any atom is 0.323 e. The van der Waals surface area contributed by atoms with Gasteiger partial charge in [0.2, 0.25) is 0 Å². The molecule has 36 heavy (non-hydrogen) atoms. The van der Waals surface area contributed by atoms with Crippen molar-refractivity contribution in [2.45, 2.75) is 25.3 Å². The van der Waals surface area contributed by atoms with Crippen molar-refractivity contribution in [3.05, 3.63) is 78.4 Å². The molecule has 3 N–H and O–H groups in total. The van der Waals surface area contributed by atoms with E-state index in [0.29, 0.717) is 41.0 Å². The van der Waals surface area contributed by atoms with Gasteiger partial charge in [-0.2, -0.15) is 0 Å². The highest BCUT2D eigenvalue weighted by Gasteiger charge is 2.21. The predicted molar refractivity (Wildman–Crippen MR) is 141 cm³/mol. The van der Waals surface area contributed by atoms with E-state index >= 15 is 0 Å². The molecule has 8 heteroatoms. The number of nitrogens with zero attached hydrogens (tertiary/aromatic N) is 1. The molecule has 1 fully saturated rings. The highest BCUT2D eigenvalue weighted by atomic mass is 16.5. The minimum absolute atomic E-state index is 0.193. The number of anilines is 2. The molecule has 0 saturated carbocycles. The summed E-state index contributed by atoms with van der Waals surface area (Å²) in [5.41, 5.74) is 1.55. The van der Waals surface area contributed by atoms with Crippen LogP contribution in [0.2, 0.25) is 0 Å². The maximum atomic E-state index is 12.7. The highest BCUT2D eigenvalue weighted by Crippen LogP contribution is 2.25. The first kappa shape index (κ1) is 25.1. The van der Waals surface area contributed by atoms with Gasteiger partial charge in [0.15, 0.2) is 0 Å². The molecule has 1 unspecified atom stereocenters. The van der Waals surface area contributed by atoms with Gasteiger partial charge in [0.05, 0.1) is 12.7 Å². The van der Waals surface area contributed by atoms with Crippen LogP contribution in [0.15, 0.2) is 72.8 Å². The lowest BCUT2D eigenvalue weighted by Gasteiger charge is -2.19. The van der Waals surface area contributed by atoms with E-state index in [1.807, 2.05) is 30.3 Å². The van der Waals surface area contributed by atoms with Crippen LogP contribution in [0.5, 0.6) is 17.2 Å². The lowest BCUT2D eigenvalue weighted by atomic mass is 10.1. The normalized spacial score (nSPS) is 15.2. The SMILES string of the molecule is COc1cc(NC(=O)Nc2ccc(Oc3ccccc3)cc2)ccc1C(=O)NCCC1CCCN1C. The van der Waals surface area contributed by atoms with Crippen LogP contribution in [0.3, 0.4) is 0 Å². The van der Waals surface area contributed by atoms with Crippen molar-refractivity contribution in [2.24, 2.45) is 0 Å². The molecular formula is C28H32N4O4. The molecule has 8 nitrogen and oxygen atoms in total. The van der Waals surface area contributed by atoms with Gasteiger partial charge in [-0.15, -0.1) is 0 Å². The van der Waals surface area contributed by atoms with Crippen LogP contribution in [-0.4, -0.2) is 50.1 Å². The number of carbonyl (C=O) groups excluding carboxylic acids is 2. The first-order chi connectivity index (χ1) is 17.5. The van der Waals surface area contributed by atoms with Gasteiger partial charge in [-0.3, -0.25) is 4.79 Å². The number of benzene rings is 3. The zero-order valence-electron chi connectivity index (χ0n) is 20.6. The molecule has 3 aromatic rings. The van der Waals surface area contributed by atoms with Gasteiger partial charge in [-0.1, -0.05) is 18.2 Å². The summed E-state index contributed by atoms with van der Waals surface area (Å²) < 4.78 is 11.2. The second-order valence-electron chi connectivity index (χ2n) is 8.75. The molecule has 3 aromatic carbocycles. The standard InChI is InChI=1S/C28H32N4O4/c1-32-18-6-7-22(32)16-17-29-27(33)25-15-12-21(19-26(25)35-2)31-28(34)30-20-10-13-24(14-11-20)36-23-8-4-3-5-9-23/h3-5,8-15,19,22H,6-7,16-18H2,1-2H3,(H,29,33)(H2,30,31,34). The zero-order valence-corrected chi connectivity index (χ0v) is 20.6. The van der Waals surface area contributed by atoms with Crippen LogP contribution >= 0.6 is 0 Å². The zero-order chi connectivity index (χ0) is 25.3. The Morgan fingerprint density at radius 3 is 2.33 bits per heavy atom. The molecule has 0 bridgehead atoms. The van der Waals surface area contributed by atoms with E-state index in [4.69, 9.17) is 9.47 Å². The molecule has 4 rings (SSSR count). The smallest absolute Gasteiger partial charge is 0.323 e. The Hall–Kier alpha value is -4.04. The Labute approximate surface area is 211 Å². The average Bonchev–Trinajstić information content (AvgIpc) is 3.30. The lowest BCUT2D eigenvalue weighted by Crippen LogP contribution is -2.32. The molecule has 3 amide bonds. The number of rotatable bonds is 9. The number of ether oxygens (including phenoxy) is 2. The van der Waals surface area contributed by atoms with Crippen molar-refractivity contribution in [3.63, 3.8) is 0 Å². The first-order valence-electron chi connectivity index (χ1n) is 12.1. The highest BCUT2D eigenvalue weighted by molar-refractivity contribution is 6.01. The van der Waals surface area contributed by atoms with Gasteiger partial charge in [-0.25, -0.2) is 4.79 Å². The van der Waals surface area contributed by atoms with Gasteiger partial charge in [0, 0.05) is 30.0 Å². The third kappa shape index (κ3) is 6.76. The van der Waals surface area contributed by atoms with Crippen molar-refractivity contribution in [2.75, 3.05) is 37.9 Å². The summed E-state index contributed by atoms with van der Waals surface area (Å²) in [6.45, 7) is 1.72. The third-order valence-electron chi connectivity index (χ3n) is 6.23. The van der Waals surface area contributed by atoms with Crippen LogP contribution in [-0.2, 0) is 0 Å². The van der Waals surface area contributed by atoms with E-state index in [-0.39, 0.29) is 5.91 Å². The number of urea groups is 1. The molecule has 1 atom stereocenters. The van der Waals surface area contributed by atoms with E-state index in [1.54, 1.807) is 42.5 Å². The predicted octanol–water partition coefficient (Wildman–Crippen LogP) is 5.35. The summed E-state index contributed by atoms with van der Waals surface area (Å²) in [7, 11) is 3.63. The average molecular weight is 489 g/mol. The molecule has 1 aliphatic rings. The second kappa shape index (κ2) is 12.1. The Bertz CT molecular complexity index is 1170. The van der Waals surface area contributed by atoms with Crippen molar-refractivity contribution in [3.8, 4) is 17.2 Å². The Balaban J connectivity index is 1.29. The van der Waals surface area contributed by atoms with Gasteiger partial charge in [0.25, 0.3) is 5.91 Å². The molecule has 0 aliphatic carbocycles. The van der Waals surface area contributed by atoms with Crippen LogP contribution in [0.1, 0.15) is 29.6 Å². The van der Waals surface area contributed by atoms with Gasteiger partial charge in [-0.05, 0) is 81.4 Å². The van der Waals surface area contributed by atoms with E-state index in [2.05, 4.69) is 27.9 Å². The number of amides is 3. The van der Waals surface area contributed by atoms with Crippen LogP contribution < -0.4 is 25.4 Å². The molecule has 1 saturated heterocycles. The third-order valence-corrected chi connectivity index (χ3v) is 6.23. The summed E-state index contributed by atoms with van der Waals surface area (Å²) in [4.78, 5) is 27.5. The number of hydrogen-bond acceptors (Lipinski definition) is 5. The fraction of sp³-hybridized carbons (Fsp3) is 0.286. The summed E-state index contributed by atoms with van der Waals surface area (Å²) >= 11 is 0.